The summed E-state index contributed by atoms with van der Waals surface area (Å²) in [5.41, 5.74) is 2.33. The molecule has 1 atom stereocenters. The zero-order chi connectivity index (χ0) is 22.6. The van der Waals surface area contributed by atoms with Gasteiger partial charge in [0.05, 0.1) is 23.7 Å². The Hall–Kier alpha value is -2.61. The van der Waals surface area contributed by atoms with E-state index in [1.807, 2.05) is 11.5 Å². The summed E-state index contributed by atoms with van der Waals surface area (Å²) in [6.07, 6.45) is 2.54. The Morgan fingerprint density at radius 3 is 2.48 bits per heavy atom. The highest BCUT2D eigenvalue weighted by Crippen LogP contribution is 2.29. The summed E-state index contributed by atoms with van der Waals surface area (Å²) in [7, 11) is -3.03. The fourth-order valence-corrected chi connectivity index (χ4v) is 5.61. The SMILES string of the molecule is CCCCOc1ccc(C(=O)OCC(=O)c2cc(C)n(C3CCS(=O)(=O)C3)c2C)cc1. The average molecular weight is 448 g/mol. The van der Waals surface area contributed by atoms with Crippen molar-refractivity contribution >= 4 is 21.6 Å². The number of unbranched alkanes of at least 4 members (excludes halogenated alkanes) is 1. The number of rotatable bonds is 9. The van der Waals surface area contributed by atoms with Gasteiger partial charge in [-0.05, 0) is 57.0 Å². The van der Waals surface area contributed by atoms with Crippen LogP contribution in [0.5, 0.6) is 5.75 Å². The number of carbonyl (C=O) groups excluding carboxylic acids is 2. The predicted molar refractivity (Wildman–Crippen MR) is 118 cm³/mol. The number of aromatic nitrogens is 1. The van der Waals surface area contributed by atoms with Gasteiger partial charge in [0.2, 0.25) is 5.78 Å². The van der Waals surface area contributed by atoms with E-state index in [2.05, 4.69) is 6.92 Å². The van der Waals surface area contributed by atoms with Crippen molar-refractivity contribution in [2.45, 2.75) is 46.1 Å². The Morgan fingerprint density at radius 2 is 1.87 bits per heavy atom. The van der Waals surface area contributed by atoms with Crippen LogP contribution < -0.4 is 4.74 Å². The van der Waals surface area contributed by atoms with Gasteiger partial charge in [-0.2, -0.15) is 0 Å². The first kappa shape index (κ1) is 23.1. The van der Waals surface area contributed by atoms with Gasteiger partial charge in [-0.15, -0.1) is 0 Å². The fraction of sp³-hybridized carbons (Fsp3) is 0.478. The molecule has 1 fully saturated rings. The van der Waals surface area contributed by atoms with Crippen LogP contribution in [0.3, 0.4) is 0 Å². The van der Waals surface area contributed by atoms with Crippen LogP contribution in [-0.4, -0.2) is 49.5 Å². The summed E-state index contributed by atoms with van der Waals surface area (Å²) >= 11 is 0. The van der Waals surface area contributed by atoms with Crippen molar-refractivity contribution in [1.29, 1.82) is 0 Å². The lowest BCUT2D eigenvalue weighted by Crippen LogP contribution is -2.17. The Kier molecular flexibility index (Phi) is 7.20. The summed E-state index contributed by atoms with van der Waals surface area (Å²) in [4.78, 5) is 25.0. The van der Waals surface area contributed by atoms with E-state index in [0.29, 0.717) is 35.6 Å². The van der Waals surface area contributed by atoms with Crippen molar-refractivity contribution < 1.29 is 27.5 Å². The van der Waals surface area contributed by atoms with Gasteiger partial charge in [0.15, 0.2) is 16.4 Å². The smallest absolute Gasteiger partial charge is 0.338 e. The van der Waals surface area contributed by atoms with Gasteiger partial charge in [0.25, 0.3) is 0 Å². The largest absolute Gasteiger partial charge is 0.494 e. The van der Waals surface area contributed by atoms with Gasteiger partial charge >= 0.3 is 5.97 Å². The van der Waals surface area contributed by atoms with Gasteiger partial charge in [0, 0.05) is 23.0 Å². The number of ether oxygens (including phenoxy) is 2. The molecule has 31 heavy (non-hydrogen) atoms. The number of Topliss-reactive ketones (excluding diaryl/α,β-unsaturated/α-hetero) is 1. The molecule has 0 bridgehead atoms. The Bertz CT molecular complexity index is 1050. The lowest BCUT2D eigenvalue weighted by molar-refractivity contribution is 0.0474. The molecule has 0 aliphatic carbocycles. The molecule has 1 aromatic heterocycles. The van der Waals surface area contributed by atoms with Crippen LogP contribution in [0.15, 0.2) is 30.3 Å². The molecule has 1 unspecified atom stereocenters. The van der Waals surface area contributed by atoms with E-state index < -0.39 is 15.8 Å². The Morgan fingerprint density at radius 1 is 1.16 bits per heavy atom. The molecule has 0 radical (unpaired) electrons. The molecule has 1 aromatic carbocycles. The molecule has 168 valence electrons. The topological polar surface area (TPSA) is 91.7 Å². The number of hydrogen-bond donors (Lipinski definition) is 0. The Balaban J connectivity index is 1.61. The molecular weight excluding hydrogens is 418 g/mol. The van der Waals surface area contributed by atoms with Crippen molar-refractivity contribution in [3.63, 3.8) is 0 Å². The number of sulfone groups is 1. The Labute approximate surface area is 183 Å². The first-order valence-corrected chi connectivity index (χ1v) is 12.4. The number of carbonyl (C=O) groups is 2. The molecule has 0 saturated carbocycles. The molecule has 1 aliphatic heterocycles. The molecule has 0 spiro atoms. The molecule has 8 heteroatoms. The normalized spacial score (nSPS) is 17.5. The van der Waals surface area contributed by atoms with Gasteiger partial charge in [-0.1, -0.05) is 13.3 Å². The molecule has 0 amide bonds. The second kappa shape index (κ2) is 9.68. The van der Waals surface area contributed by atoms with Gasteiger partial charge < -0.3 is 14.0 Å². The molecule has 1 aliphatic rings. The third kappa shape index (κ3) is 5.55. The molecule has 0 N–H and O–H groups in total. The molecule has 2 heterocycles. The average Bonchev–Trinajstić information content (AvgIpc) is 3.24. The number of benzene rings is 1. The highest BCUT2D eigenvalue weighted by atomic mass is 32.2. The van der Waals surface area contributed by atoms with Crippen LogP contribution in [0.2, 0.25) is 0 Å². The van der Waals surface area contributed by atoms with Crippen molar-refractivity contribution in [2.75, 3.05) is 24.7 Å². The number of aryl methyl sites for hydroxylation is 1. The quantitative estimate of drug-likeness (QED) is 0.331. The lowest BCUT2D eigenvalue weighted by atomic mass is 10.1. The second-order valence-corrected chi connectivity index (χ2v) is 10.2. The van der Waals surface area contributed by atoms with E-state index in [0.717, 1.165) is 18.5 Å². The maximum Gasteiger partial charge on any atom is 0.338 e. The second-order valence-electron chi connectivity index (χ2n) is 7.94. The molecular formula is C23H29NO6S. The highest BCUT2D eigenvalue weighted by molar-refractivity contribution is 7.91. The number of esters is 1. The molecule has 2 aromatic rings. The van der Waals surface area contributed by atoms with E-state index in [4.69, 9.17) is 9.47 Å². The van der Waals surface area contributed by atoms with Crippen LogP contribution in [0, 0.1) is 13.8 Å². The third-order valence-corrected chi connectivity index (χ3v) is 7.30. The number of ketones is 1. The highest BCUT2D eigenvalue weighted by Gasteiger charge is 2.31. The summed E-state index contributed by atoms with van der Waals surface area (Å²) in [5.74, 6) is 0.0435. The van der Waals surface area contributed by atoms with Gasteiger partial charge in [-0.3, -0.25) is 4.79 Å². The van der Waals surface area contributed by atoms with Crippen LogP contribution >= 0.6 is 0 Å². The van der Waals surface area contributed by atoms with E-state index in [9.17, 15) is 18.0 Å². The van der Waals surface area contributed by atoms with E-state index in [-0.39, 0.29) is 29.9 Å². The summed E-state index contributed by atoms with van der Waals surface area (Å²) in [6.45, 7) is 5.98. The first-order valence-electron chi connectivity index (χ1n) is 10.5. The summed E-state index contributed by atoms with van der Waals surface area (Å²) in [5, 5.41) is 0. The van der Waals surface area contributed by atoms with E-state index in [1.54, 1.807) is 37.3 Å². The fourth-order valence-electron chi connectivity index (χ4n) is 3.91. The maximum absolute atomic E-state index is 12.7. The maximum atomic E-state index is 12.7. The van der Waals surface area contributed by atoms with Gasteiger partial charge in [0.1, 0.15) is 5.75 Å². The number of nitrogens with zero attached hydrogens (tertiary/aromatic N) is 1. The van der Waals surface area contributed by atoms with E-state index >= 15 is 0 Å². The first-order chi connectivity index (χ1) is 14.7. The zero-order valence-corrected chi connectivity index (χ0v) is 19.0. The molecule has 3 rings (SSSR count). The van der Waals surface area contributed by atoms with Crippen molar-refractivity contribution in [2.24, 2.45) is 0 Å². The minimum Gasteiger partial charge on any atom is -0.494 e. The van der Waals surface area contributed by atoms with Crippen LogP contribution in [0.4, 0.5) is 0 Å². The van der Waals surface area contributed by atoms with Crippen LogP contribution in [-0.2, 0) is 14.6 Å². The minimum atomic E-state index is -3.03. The minimum absolute atomic E-state index is 0.0874. The zero-order valence-electron chi connectivity index (χ0n) is 18.2. The van der Waals surface area contributed by atoms with Crippen LogP contribution in [0.1, 0.15) is 64.3 Å². The van der Waals surface area contributed by atoms with E-state index in [1.165, 1.54) is 0 Å². The van der Waals surface area contributed by atoms with Gasteiger partial charge in [-0.25, -0.2) is 13.2 Å². The molecule has 1 saturated heterocycles. The summed E-state index contributed by atoms with van der Waals surface area (Å²) in [6, 6.07) is 8.21. The molecule has 7 nitrogen and oxygen atoms in total. The van der Waals surface area contributed by atoms with Crippen molar-refractivity contribution in [3.8, 4) is 5.75 Å². The van der Waals surface area contributed by atoms with Crippen molar-refractivity contribution in [1.82, 2.24) is 4.57 Å². The standard InChI is InChI=1S/C23H29NO6S/c1-4-5-11-29-20-8-6-18(7-9-20)23(26)30-14-22(25)21-13-16(2)24(17(21)3)19-10-12-31(27,28)15-19/h6-9,13,19H,4-5,10-12,14-15H2,1-3H3. The number of hydrogen-bond acceptors (Lipinski definition) is 6. The lowest BCUT2D eigenvalue weighted by Gasteiger charge is -2.16. The third-order valence-electron chi connectivity index (χ3n) is 5.55. The van der Waals surface area contributed by atoms with Crippen molar-refractivity contribution in [3.05, 3.63) is 52.8 Å². The monoisotopic (exact) mass is 447 g/mol. The predicted octanol–water partition coefficient (Wildman–Crippen LogP) is 3.68. The summed E-state index contributed by atoms with van der Waals surface area (Å²) < 4.78 is 36.4. The van der Waals surface area contributed by atoms with Crippen LogP contribution in [0.25, 0.3) is 0 Å².